The lowest BCUT2D eigenvalue weighted by molar-refractivity contribution is -0.385. The van der Waals surface area contributed by atoms with Crippen molar-refractivity contribution in [3.8, 4) is 0 Å². The van der Waals surface area contributed by atoms with Crippen LogP contribution in [0, 0.1) is 10.1 Å². The summed E-state index contributed by atoms with van der Waals surface area (Å²) in [6.07, 6.45) is 3.06. The first-order valence-electron chi connectivity index (χ1n) is 7.16. The minimum Gasteiger partial charge on any atom is -0.338 e. The summed E-state index contributed by atoms with van der Waals surface area (Å²) < 4.78 is 0. The fourth-order valence-electron chi connectivity index (χ4n) is 2.83. The third kappa shape index (κ3) is 3.56. The second kappa shape index (κ2) is 6.93. The van der Waals surface area contributed by atoms with E-state index >= 15 is 0 Å². The van der Waals surface area contributed by atoms with Crippen LogP contribution in [0.4, 0.5) is 5.69 Å². The van der Waals surface area contributed by atoms with Gasteiger partial charge in [0.2, 0.25) is 0 Å². The minimum atomic E-state index is -0.495. The number of carbonyl (C=O) groups excluding carboxylic acids is 1. The number of hydrogen-bond acceptors (Lipinski definition) is 4. The van der Waals surface area contributed by atoms with E-state index in [1.54, 1.807) is 24.1 Å². The van der Waals surface area contributed by atoms with E-state index in [1.807, 2.05) is 11.8 Å². The van der Waals surface area contributed by atoms with Gasteiger partial charge in [0.1, 0.15) is 5.56 Å². The predicted octanol–water partition coefficient (Wildman–Crippen LogP) is 3.34. The minimum absolute atomic E-state index is 0.119. The lowest BCUT2D eigenvalue weighted by atomic mass is 10.1. The van der Waals surface area contributed by atoms with E-state index < -0.39 is 4.92 Å². The van der Waals surface area contributed by atoms with Gasteiger partial charge in [-0.1, -0.05) is 19.1 Å². The number of hydrogen-bond donors (Lipinski definition) is 0. The molecule has 2 atom stereocenters. The molecule has 0 spiro atoms. The van der Waals surface area contributed by atoms with Gasteiger partial charge in [-0.25, -0.2) is 0 Å². The molecule has 5 nitrogen and oxygen atoms in total. The van der Waals surface area contributed by atoms with E-state index in [4.69, 9.17) is 0 Å². The number of amides is 1. The molecule has 21 heavy (non-hydrogen) atoms. The summed E-state index contributed by atoms with van der Waals surface area (Å²) in [5.74, 6) is 0.827. The van der Waals surface area contributed by atoms with Crippen LogP contribution in [0.15, 0.2) is 24.3 Å². The molecule has 1 aliphatic carbocycles. The molecule has 2 rings (SSSR count). The van der Waals surface area contributed by atoms with Gasteiger partial charge < -0.3 is 4.90 Å². The summed E-state index contributed by atoms with van der Waals surface area (Å²) in [6.45, 7) is 2.14. The number of nitro benzene ring substituents is 1. The highest BCUT2D eigenvalue weighted by Crippen LogP contribution is 2.33. The van der Waals surface area contributed by atoms with Gasteiger partial charge in [0, 0.05) is 24.4 Å². The summed E-state index contributed by atoms with van der Waals surface area (Å²) in [4.78, 5) is 24.8. The molecule has 1 aliphatic rings. The Morgan fingerprint density at radius 1 is 1.43 bits per heavy atom. The molecule has 0 saturated heterocycles. The Hall–Kier alpha value is -1.56. The predicted molar refractivity (Wildman–Crippen MR) is 84.7 cm³/mol. The van der Waals surface area contributed by atoms with E-state index in [9.17, 15) is 14.9 Å². The first kappa shape index (κ1) is 15.8. The number of benzene rings is 1. The average molecular weight is 308 g/mol. The van der Waals surface area contributed by atoms with Crippen LogP contribution in [0.3, 0.4) is 0 Å². The maximum atomic E-state index is 12.5. The number of rotatable bonds is 5. The third-order valence-corrected chi connectivity index (χ3v) is 5.19. The molecular formula is C15H20N2O3S. The van der Waals surface area contributed by atoms with Crippen LogP contribution in [0.1, 0.15) is 36.5 Å². The van der Waals surface area contributed by atoms with Crippen LogP contribution in [-0.4, -0.2) is 39.8 Å². The van der Waals surface area contributed by atoms with Gasteiger partial charge in [0.15, 0.2) is 0 Å². The Balaban J connectivity index is 2.12. The maximum absolute atomic E-state index is 12.5. The van der Waals surface area contributed by atoms with Crippen molar-refractivity contribution >= 4 is 23.4 Å². The van der Waals surface area contributed by atoms with E-state index in [0.717, 1.165) is 25.0 Å². The highest BCUT2D eigenvalue weighted by molar-refractivity contribution is 7.99. The van der Waals surface area contributed by atoms with Crippen molar-refractivity contribution < 1.29 is 9.72 Å². The van der Waals surface area contributed by atoms with Crippen LogP contribution in [0.25, 0.3) is 0 Å². The van der Waals surface area contributed by atoms with Gasteiger partial charge in [-0.3, -0.25) is 14.9 Å². The summed E-state index contributed by atoms with van der Waals surface area (Å²) in [7, 11) is 1.75. The Bertz CT molecular complexity index is 535. The lowest BCUT2D eigenvalue weighted by Crippen LogP contribution is -2.36. The number of nitrogens with zero attached hydrogens (tertiary/aromatic N) is 2. The van der Waals surface area contributed by atoms with Crippen LogP contribution in [0.2, 0.25) is 0 Å². The van der Waals surface area contributed by atoms with Crippen molar-refractivity contribution in [1.29, 1.82) is 0 Å². The molecule has 6 heteroatoms. The van der Waals surface area contributed by atoms with Crippen molar-refractivity contribution in [2.75, 3.05) is 12.8 Å². The van der Waals surface area contributed by atoms with Gasteiger partial charge in [-0.2, -0.15) is 11.8 Å². The van der Waals surface area contributed by atoms with Gasteiger partial charge in [0.25, 0.3) is 11.6 Å². The molecule has 0 unspecified atom stereocenters. The lowest BCUT2D eigenvalue weighted by Gasteiger charge is -2.24. The zero-order chi connectivity index (χ0) is 15.4. The topological polar surface area (TPSA) is 63.5 Å². The fraction of sp³-hybridized carbons (Fsp3) is 0.533. The normalized spacial score (nSPS) is 21.2. The van der Waals surface area contributed by atoms with Gasteiger partial charge in [-0.05, 0) is 31.1 Å². The molecule has 114 valence electrons. The molecule has 1 aromatic rings. The number of nitro groups is 1. The van der Waals surface area contributed by atoms with E-state index in [1.165, 1.54) is 12.1 Å². The maximum Gasteiger partial charge on any atom is 0.282 e. The average Bonchev–Trinajstić information content (AvgIpc) is 2.94. The Kier molecular flexibility index (Phi) is 5.22. The standard InChI is InChI=1S/C15H20N2O3S/c1-3-21-12-9-8-11(10-12)16(2)15(18)13-6-4-5-7-14(13)17(19)20/h4-7,11-12H,3,8-10H2,1-2H3/t11-,12-/m1/s1. The zero-order valence-corrected chi connectivity index (χ0v) is 13.1. The summed E-state index contributed by atoms with van der Waals surface area (Å²) in [5.41, 5.74) is 0.0587. The highest BCUT2D eigenvalue weighted by Gasteiger charge is 2.32. The highest BCUT2D eigenvalue weighted by atomic mass is 32.2. The zero-order valence-electron chi connectivity index (χ0n) is 12.3. The summed E-state index contributed by atoms with van der Waals surface area (Å²) in [5, 5.41) is 11.6. The number of carbonyl (C=O) groups is 1. The van der Waals surface area contributed by atoms with Gasteiger partial charge in [0.05, 0.1) is 4.92 Å². The van der Waals surface area contributed by atoms with Crippen molar-refractivity contribution in [2.45, 2.75) is 37.5 Å². The molecule has 1 amide bonds. The van der Waals surface area contributed by atoms with Crippen molar-refractivity contribution in [2.24, 2.45) is 0 Å². The molecule has 1 fully saturated rings. The third-order valence-electron chi connectivity index (χ3n) is 3.96. The molecule has 0 bridgehead atoms. The second-order valence-corrected chi connectivity index (χ2v) is 6.81. The first-order chi connectivity index (χ1) is 10.0. The van der Waals surface area contributed by atoms with Gasteiger partial charge in [-0.15, -0.1) is 0 Å². The van der Waals surface area contributed by atoms with E-state index in [2.05, 4.69) is 6.92 Å². The SMILES string of the molecule is CCS[C@@H]1CC[C@@H](N(C)C(=O)c2ccccc2[N+](=O)[O-])C1. The van der Waals surface area contributed by atoms with Crippen molar-refractivity contribution in [1.82, 2.24) is 4.90 Å². The molecule has 1 saturated carbocycles. The molecule has 0 heterocycles. The van der Waals surface area contributed by atoms with Crippen LogP contribution in [0.5, 0.6) is 0 Å². The number of para-hydroxylation sites is 1. The Labute approximate surface area is 128 Å². The summed E-state index contributed by atoms with van der Waals surface area (Å²) >= 11 is 1.93. The molecular weight excluding hydrogens is 288 g/mol. The number of thioether (sulfide) groups is 1. The van der Waals surface area contributed by atoms with E-state index in [0.29, 0.717) is 5.25 Å². The largest absolute Gasteiger partial charge is 0.338 e. The molecule has 0 N–H and O–H groups in total. The molecule has 1 aromatic carbocycles. The molecule has 0 radical (unpaired) electrons. The van der Waals surface area contributed by atoms with Crippen molar-refractivity contribution in [3.05, 3.63) is 39.9 Å². The second-order valence-electron chi connectivity index (χ2n) is 5.23. The molecule has 0 aromatic heterocycles. The van der Waals surface area contributed by atoms with E-state index in [-0.39, 0.29) is 23.2 Å². The van der Waals surface area contributed by atoms with Crippen molar-refractivity contribution in [3.63, 3.8) is 0 Å². The van der Waals surface area contributed by atoms with Crippen LogP contribution in [-0.2, 0) is 0 Å². The Morgan fingerprint density at radius 2 is 2.14 bits per heavy atom. The monoisotopic (exact) mass is 308 g/mol. The smallest absolute Gasteiger partial charge is 0.282 e. The summed E-state index contributed by atoms with van der Waals surface area (Å²) in [6, 6.07) is 6.34. The quantitative estimate of drug-likeness (QED) is 0.618. The fourth-order valence-corrected chi connectivity index (χ4v) is 3.96. The van der Waals surface area contributed by atoms with Gasteiger partial charge >= 0.3 is 0 Å². The van der Waals surface area contributed by atoms with Crippen LogP contribution >= 0.6 is 11.8 Å². The molecule has 0 aliphatic heterocycles. The first-order valence-corrected chi connectivity index (χ1v) is 8.21. The van der Waals surface area contributed by atoms with Crippen LogP contribution < -0.4 is 0 Å². The Morgan fingerprint density at radius 3 is 2.81 bits per heavy atom.